The molecule has 0 spiro atoms. The second kappa shape index (κ2) is 10.0. The highest BCUT2D eigenvalue weighted by Crippen LogP contribution is 2.08. The van der Waals surface area contributed by atoms with E-state index < -0.39 is 21.5 Å². The molecule has 178 valence electrons. The van der Waals surface area contributed by atoms with Crippen LogP contribution in [-0.4, -0.2) is 19.1 Å². The van der Waals surface area contributed by atoms with Crippen LogP contribution in [0.3, 0.4) is 0 Å². The van der Waals surface area contributed by atoms with Crippen LogP contribution in [0.15, 0.2) is 34.2 Å². The zero-order valence-electron chi connectivity index (χ0n) is 18.4. The number of aryl methyl sites for hydroxylation is 4. The second-order valence-corrected chi connectivity index (χ2v) is 7.90. The van der Waals surface area contributed by atoms with E-state index in [1.54, 1.807) is 10.8 Å². The molecule has 15 heteroatoms. The summed E-state index contributed by atoms with van der Waals surface area (Å²) in [5, 5.41) is 0. The fourth-order valence-corrected chi connectivity index (χ4v) is 2.86. The third-order valence-corrected chi connectivity index (χ3v) is 4.75. The SMILES string of the molecule is Cc1nc(N)c(Cn2ccc(=O)n(Cc3c[n+](C)c(C)nc3N)c2=O)c[n+]1C.[O-][Cl+3]([O-])([O-])[O-]. The molecule has 3 heterocycles. The third-order valence-electron chi connectivity index (χ3n) is 4.75. The van der Waals surface area contributed by atoms with Crippen LogP contribution in [0.2, 0.25) is 0 Å². The highest BCUT2D eigenvalue weighted by molar-refractivity contribution is 5.37. The molecule has 3 rings (SSSR count). The molecular weight excluding hydrogens is 460 g/mol. The van der Waals surface area contributed by atoms with E-state index in [1.165, 1.54) is 16.8 Å². The van der Waals surface area contributed by atoms with Crippen molar-refractivity contribution >= 4 is 11.6 Å². The van der Waals surface area contributed by atoms with Crippen molar-refractivity contribution in [3.8, 4) is 0 Å². The number of rotatable bonds is 4. The van der Waals surface area contributed by atoms with Crippen LogP contribution in [0.1, 0.15) is 22.8 Å². The predicted octanol–water partition coefficient (Wildman–Crippen LogP) is -6.43. The van der Waals surface area contributed by atoms with Crippen LogP contribution in [0.25, 0.3) is 0 Å². The lowest BCUT2D eigenvalue weighted by atomic mass is 10.3. The van der Waals surface area contributed by atoms with Crippen molar-refractivity contribution < 1.29 is 38.0 Å². The van der Waals surface area contributed by atoms with Crippen molar-refractivity contribution in [3.05, 3.63) is 68.3 Å². The minimum Gasteiger partial charge on any atom is -0.362 e. The van der Waals surface area contributed by atoms with E-state index in [0.29, 0.717) is 16.9 Å². The van der Waals surface area contributed by atoms with Gasteiger partial charge in [0.2, 0.25) is 11.6 Å². The predicted molar refractivity (Wildman–Crippen MR) is 102 cm³/mol. The van der Waals surface area contributed by atoms with Gasteiger partial charge in [-0.15, -0.1) is 10.2 Å². The summed E-state index contributed by atoms with van der Waals surface area (Å²) in [4.78, 5) is 33.7. The smallest absolute Gasteiger partial charge is 0.331 e. The molecular formula is C18H24ClN8O6+. The molecule has 0 radical (unpaired) electrons. The number of halogens is 1. The molecule has 0 aliphatic carbocycles. The Morgan fingerprint density at radius 1 is 0.909 bits per heavy atom. The Bertz CT molecular complexity index is 1280. The first-order valence-electron chi connectivity index (χ1n) is 9.32. The zero-order chi connectivity index (χ0) is 25.1. The van der Waals surface area contributed by atoms with Crippen molar-refractivity contribution in [2.24, 2.45) is 14.1 Å². The zero-order valence-corrected chi connectivity index (χ0v) is 19.1. The Kier molecular flexibility index (Phi) is 7.84. The van der Waals surface area contributed by atoms with Crippen molar-refractivity contribution in [1.29, 1.82) is 0 Å². The Morgan fingerprint density at radius 3 is 1.79 bits per heavy atom. The third kappa shape index (κ3) is 7.03. The van der Waals surface area contributed by atoms with Crippen molar-refractivity contribution in [2.45, 2.75) is 26.9 Å². The molecule has 33 heavy (non-hydrogen) atoms. The van der Waals surface area contributed by atoms with Crippen molar-refractivity contribution in [1.82, 2.24) is 19.1 Å². The molecule has 0 atom stereocenters. The molecule has 3 aromatic heterocycles. The largest absolute Gasteiger partial charge is 0.362 e. The minimum absolute atomic E-state index is 0.0286. The first kappa shape index (κ1) is 25.8. The number of aromatic nitrogens is 6. The summed E-state index contributed by atoms with van der Waals surface area (Å²) in [6.45, 7) is 3.89. The summed E-state index contributed by atoms with van der Waals surface area (Å²) in [7, 11) is -1.27. The van der Waals surface area contributed by atoms with Gasteiger partial charge in [0.25, 0.3) is 17.2 Å². The lowest BCUT2D eigenvalue weighted by molar-refractivity contribution is -2.00. The number of nitrogen functional groups attached to an aromatic ring is 2. The lowest BCUT2D eigenvalue weighted by Gasteiger charge is -2.17. The van der Waals surface area contributed by atoms with Gasteiger partial charge in [0.05, 0.1) is 38.3 Å². The first-order chi connectivity index (χ1) is 15.2. The summed E-state index contributed by atoms with van der Waals surface area (Å²) in [5.74, 6) is 2.12. The van der Waals surface area contributed by atoms with Crippen LogP contribution < -0.4 is 50.5 Å². The molecule has 0 unspecified atom stereocenters. The Balaban J connectivity index is 0.000000696. The van der Waals surface area contributed by atoms with Crippen LogP contribution in [-0.2, 0) is 27.2 Å². The average Bonchev–Trinajstić information content (AvgIpc) is 2.67. The molecule has 0 aromatic carbocycles. The summed E-state index contributed by atoms with van der Waals surface area (Å²) >= 11 is 0. The highest BCUT2D eigenvalue weighted by Gasteiger charge is 2.17. The first-order valence-corrected chi connectivity index (χ1v) is 10.6. The van der Waals surface area contributed by atoms with E-state index in [2.05, 4.69) is 9.97 Å². The van der Waals surface area contributed by atoms with Gasteiger partial charge in [-0.3, -0.25) is 13.9 Å². The van der Waals surface area contributed by atoms with Gasteiger partial charge < -0.3 is 11.5 Å². The normalized spacial score (nSPS) is 11.2. The van der Waals surface area contributed by atoms with E-state index in [0.717, 1.165) is 16.2 Å². The van der Waals surface area contributed by atoms with Crippen LogP contribution in [0, 0.1) is 24.1 Å². The molecule has 0 amide bonds. The van der Waals surface area contributed by atoms with Gasteiger partial charge in [-0.2, -0.15) is 0 Å². The van der Waals surface area contributed by atoms with E-state index in [4.69, 9.17) is 30.1 Å². The Morgan fingerprint density at radius 2 is 1.33 bits per heavy atom. The Labute approximate surface area is 190 Å². The molecule has 0 bridgehead atoms. The molecule has 3 aromatic rings. The van der Waals surface area contributed by atoms with Gasteiger partial charge >= 0.3 is 5.69 Å². The van der Waals surface area contributed by atoms with Gasteiger partial charge in [0.1, 0.15) is 12.4 Å². The van der Waals surface area contributed by atoms with E-state index in [-0.39, 0.29) is 18.9 Å². The quantitative estimate of drug-likeness (QED) is 0.334. The van der Waals surface area contributed by atoms with Gasteiger partial charge in [-0.25, -0.2) is 32.6 Å². The fraction of sp³-hybridized carbons (Fsp3) is 0.333. The number of nitrogens with two attached hydrogens (primary N) is 2. The van der Waals surface area contributed by atoms with Crippen molar-refractivity contribution in [2.75, 3.05) is 11.5 Å². The molecule has 0 saturated carbocycles. The topological polar surface area (TPSA) is 222 Å². The maximum atomic E-state index is 12.9. The Hall–Kier alpha value is -3.43. The van der Waals surface area contributed by atoms with Crippen molar-refractivity contribution in [3.63, 3.8) is 0 Å². The standard InChI is InChI=1S/C18H22N8O2.ClHO4/c1-11-21-16(19)13(7-23(11)3)9-25-6-5-15(27)26(18(25)28)10-14-8-24(4)12(2)22-17(14)20;2-1(3,4)5/h5-8,19-20H,9-10H2,1-4H3;(H,2,3,4,5)/p+1. The second-order valence-electron chi connectivity index (χ2n) is 7.15. The molecule has 0 saturated heterocycles. The molecule has 0 aliphatic heterocycles. The van der Waals surface area contributed by atoms with Gasteiger partial charge in [0, 0.05) is 26.1 Å². The average molecular weight is 484 g/mol. The van der Waals surface area contributed by atoms with Crippen LogP contribution >= 0.6 is 0 Å². The van der Waals surface area contributed by atoms with E-state index in [9.17, 15) is 9.59 Å². The molecule has 14 nitrogen and oxygen atoms in total. The fourth-order valence-electron chi connectivity index (χ4n) is 2.86. The van der Waals surface area contributed by atoms with Gasteiger partial charge in [0.15, 0.2) is 0 Å². The van der Waals surface area contributed by atoms with Crippen LogP contribution in [0.4, 0.5) is 11.6 Å². The van der Waals surface area contributed by atoms with E-state index >= 15 is 0 Å². The monoisotopic (exact) mass is 483 g/mol. The number of hydrogen-bond donors (Lipinski definition) is 2. The maximum absolute atomic E-state index is 12.9. The van der Waals surface area contributed by atoms with Gasteiger partial charge in [-0.05, 0) is 9.97 Å². The maximum Gasteiger partial charge on any atom is 0.331 e. The summed E-state index contributed by atoms with van der Waals surface area (Å²) in [6, 6.07) is 1.34. The molecule has 4 N–H and O–H groups in total. The summed E-state index contributed by atoms with van der Waals surface area (Å²) in [6.07, 6.45) is 5.04. The van der Waals surface area contributed by atoms with Crippen LogP contribution in [0.5, 0.6) is 0 Å². The lowest BCUT2D eigenvalue weighted by Crippen LogP contribution is -2.68. The minimum atomic E-state index is -4.94. The van der Waals surface area contributed by atoms with Gasteiger partial charge in [-0.1, -0.05) is 0 Å². The highest BCUT2D eigenvalue weighted by atomic mass is 35.7. The number of anilines is 2. The number of nitrogens with zero attached hydrogens (tertiary/aromatic N) is 6. The molecule has 0 fully saturated rings. The number of hydrogen-bond acceptors (Lipinski definition) is 10. The molecule has 0 aliphatic rings. The summed E-state index contributed by atoms with van der Waals surface area (Å²) < 4.78 is 40.1. The van der Waals surface area contributed by atoms with E-state index in [1.807, 2.05) is 38.7 Å². The summed E-state index contributed by atoms with van der Waals surface area (Å²) in [5.41, 5.74) is 12.4.